The third-order valence-electron chi connectivity index (χ3n) is 8.51. The summed E-state index contributed by atoms with van der Waals surface area (Å²) in [6, 6.07) is 35.8. The summed E-state index contributed by atoms with van der Waals surface area (Å²) in [5.41, 5.74) is 8.85. The van der Waals surface area contributed by atoms with Gasteiger partial charge < -0.3 is 9.47 Å². The van der Waals surface area contributed by atoms with E-state index in [2.05, 4.69) is 124 Å². The molecule has 190 valence electrons. The second kappa shape index (κ2) is 10.2. The van der Waals surface area contributed by atoms with Crippen LogP contribution in [0.5, 0.6) is 11.5 Å². The Morgan fingerprint density at radius 1 is 0.541 bits per heavy atom. The number of hydrogen-bond donors (Lipinski definition) is 0. The number of aryl methyl sites for hydroxylation is 2. The van der Waals surface area contributed by atoms with Crippen LogP contribution in [0.4, 0.5) is 0 Å². The van der Waals surface area contributed by atoms with Crippen LogP contribution in [0.2, 0.25) is 13.1 Å². The van der Waals surface area contributed by atoms with E-state index in [1.165, 1.54) is 33.4 Å². The van der Waals surface area contributed by atoms with E-state index in [4.69, 9.17) is 9.47 Å². The second-order valence-corrected chi connectivity index (χ2v) is 16.0. The number of ether oxygens (including phenoxy) is 2. The number of rotatable bonds is 6. The van der Waals surface area contributed by atoms with Gasteiger partial charge in [-0.15, -0.1) is 0 Å². The van der Waals surface area contributed by atoms with Crippen LogP contribution < -0.4 is 9.47 Å². The molecule has 5 rings (SSSR count). The van der Waals surface area contributed by atoms with E-state index in [9.17, 15) is 0 Å². The van der Waals surface area contributed by atoms with Gasteiger partial charge in [-0.05, 0) is 71.2 Å². The molecular weight excluding hydrogens is 468 g/mol. The van der Waals surface area contributed by atoms with Crippen molar-refractivity contribution in [2.24, 2.45) is 0 Å². The number of methoxy groups -OCH3 is 2. The smallest absolute Gasteiger partial charge is 0.122 e. The van der Waals surface area contributed by atoms with Crippen molar-refractivity contribution in [3.05, 3.63) is 130 Å². The minimum Gasteiger partial charge on any atom is -0.496 e. The lowest BCUT2D eigenvalue weighted by Gasteiger charge is -2.34. The van der Waals surface area contributed by atoms with Crippen LogP contribution in [0, 0.1) is 13.8 Å². The van der Waals surface area contributed by atoms with Gasteiger partial charge in [0.1, 0.15) is 11.5 Å². The van der Waals surface area contributed by atoms with Crippen molar-refractivity contribution in [2.45, 2.75) is 49.9 Å². The average Bonchev–Trinajstić information content (AvgIpc) is 3.15. The fourth-order valence-electron chi connectivity index (χ4n) is 7.12. The molecule has 0 saturated carbocycles. The zero-order chi connectivity index (χ0) is 26.2. The SMILES string of the molecule is COc1ccccc1C1C(c2cccc(C)c2)C(c2cccc(C)c2)C(c2ccccc2OC)[Si]1(C)C. The largest absolute Gasteiger partial charge is 0.496 e. The molecule has 1 aliphatic heterocycles. The monoisotopic (exact) mass is 506 g/mol. The number of para-hydroxylation sites is 2. The van der Waals surface area contributed by atoms with Crippen LogP contribution in [-0.2, 0) is 0 Å². The molecule has 4 atom stereocenters. The van der Waals surface area contributed by atoms with Crippen molar-refractivity contribution >= 4 is 8.07 Å². The molecule has 4 unspecified atom stereocenters. The molecule has 0 aliphatic carbocycles. The van der Waals surface area contributed by atoms with Crippen LogP contribution in [-0.4, -0.2) is 22.3 Å². The van der Waals surface area contributed by atoms with Crippen molar-refractivity contribution in [1.82, 2.24) is 0 Å². The topological polar surface area (TPSA) is 18.5 Å². The maximum Gasteiger partial charge on any atom is 0.122 e. The molecule has 1 fully saturated rings. The van der Waals surface area contributed by atoms with Crippen molar-refractivity contribution in [3.63, 3.8) is 0 Å². The highest BCUT2D eigenvalue weighted by Gasteiger charge is 2.59. The van der Waals surface area contributed by atoms with Gasteiger partial charge in [0.25, 0.3) is 0 Å². The summed E-state index contributed by atoms with van der Waals surface area (Å²) in [5, 5.41) is 0. The Labute approximate surface area is 223 Å². The Morgan fingerprint density at radius 2 is 0.946 bits per heavy atom. The summed E-state index contributed by atoms with van der Waals surface area (Å²) in [7, 11) is 1.55. The second-order valence-electron chi connectivity index (χ2n) is 11.1. The first kappa shape index (κ1) is 25.4. The molecule has 0 aromatic heterocycles. The van der Waals surface area contributed by atoms with Crippen LogP contribution in [0.25, 0.3) is 0 Å². The molecule has 0 radical (unpaired) electrons. The highest BCUT2D eigenvalue weighted by molar-refractivity contribution is 6.81. The maximum absolute atomic E-state index is 6.00. The zero-order valence-corrected chi connectivity index (χ0v) is 23.9. The van der Waals surface area contributed by atoms with Gasteiger partial charge in [-0.1, -0.05) is 109 Å². The van der Waals surface area contributed by atoms with E-state index in [0.29, 0.717) is 22.9 Å². The predicted molar refractivity (Wildman–Crippen MR) is 157 cm³/mol. The first-order chi connectivity index (χ1) is 17.9. The Kier molecular flexibility index (Phi) is 7.00. The molecule has 0 bridgehead atoms. The summed E-state index contributed by atoms with van der Waals surface area (Å²) < 4.78 is 12.0. The fourth-order valence-corrected chi connectivity index (χ4v) is 12.2. The van der Waals surface area contributed by atoms with Gasteiger partial charge in [-0.25, -0.2) is 0 Å². The number of benzene rings is 4. The van der Waals surface area contributed by atoms with E-state index in [1.807, 2.05) is 0 Å². The fraction of sp³-hybridized carbons (Fsp3) is 0.294. The lowest BCUT2D eigenvalue weighted by molar-refractivity contribution is 0.403. The van der Waals surface area contributed by atoms with E-state index >= 15 is 0 Å². The lowest BCUT2D eigenvalue weighted by atomic mass is 9.74. The quantitative estimate of drug-likeness (QED) is 0.244. The predicted octanol–water partition coefficient (Wildman–Crippen LogP) is 8.56. The molecule has 2 nitrogen and oxygen atoms in total. The van der Waals surface area contributed by atoms with Crippen LogP contribution in [0.1, 0.15) is 56.3 Å². The molecule has 0 spiro atoms. The third kappa shape index (κ3) is 4.51. The molecule has 1 aliphatic rings. The van der Waals surface area contributed by atoms with Gasteiger partial charge in [0.05, 0.1) is 22.3 Å². The average molecular weight is 507 g/mol. The minimum absolute atomic E-state index is 0.314. The first-order valence-corrected chi connectivity index (χ1v) is 16.4. The van der Waals surface area contributed by atoms with Gasteiger partial charge in [0, 0.05) is 0 Å². The van der Waals surface area contributed by atoms with Gasteiger partial charge in [0.15, 0.2) is 0 Å². The van der Waals surface area contributed by atoms with Gasteiger partial charge in [-0.3, -0.25) is 0 Å². The van der Waals surface area contributed by atoms with Gasteiger partial charge in [-0.2, -0.15) is 0 Å². The molecule has 4 aromatic rings. The van der Waals surface area contributed by atoms with Gasteiger partial charge >= 0.3 is 0 Å². The standard InChI is InChI=1S/C34H38O2Si/c1-23-13-11-15-25(21-23)31-32(26-16-12-14-24(2)22-26)34(28-18-8-10-20-30(28)36-4)37(5,6)33(31)27-17-7-9-19-29(27)35-3/h7-22,31-34H,1-6H3. The molecule has 0 N–H and O–H groups in total. The number of hydrogen-bond acceptors (Lipinski definition) is 2. The molecular formula is C34H38O2Si. The minimum atomic E-state index is -2.06. The van der Waals surface area contributed by atoms with Crippen molar-refractivity contribution in [2.75, 3.05) is 14.2 Å². The Hall–Kier alpha value is -3.30. The summed E-state index contributed by atoms with van der Waals surface area (Å²) in [6.07, 6.45) is 0. The van der Waals surface area contributed by atoms with E-state index in [1.54, 1.807) is 14.2 Å². The summed E-state index contributed by atoms with van der Waals surface area (Å²) in [5.74, 6) is 2.62. The summed E-state index contributed by atoms with van der Waals surface area (Å²) in [6.45, 7) is 9.58. The normalized spacial score (nSPS) is 22.5. The highest BCUT2D eigenvalue weighted by Crippen LogP contribution is 2.65. The van der Waals surface area contributed by atoms with Crippen molar-refractivity contribution in [3.8, 4) is 11.5 Å². The van der Waals surface area contributed by atoms with Crippen LogP contribution >= 0.6 is 0 Å². The van der Waals surface area contributed by atoms with Crippen LogP contribution in [0.3, 0.4) is 0 Å². The van der Waals surface area contributed by atoms with Crippen molar-refractivity contribution in [1.29, 1.82) is 0 Å². The van der Waals surface area contributed by atoms with E-state index in [0.717, 1.165) is 11.5 Å². The Morgan fingerprint density at radius 3 is 1.32 bits per heavy atom. The molecule has 0 amide bonds. The van der Waals surface area contributed by atoms with Crippen molar-refractivity contribution < 1.29 is 9.47 Å². The molecule has 1 saturated heterocycles. The van der Waals surface area contributed by atoms with E-state index in [-0.39, 0.29) is 0 Å². The Bertz CT molecular complexity index is 1290. The summed E-state index contributed by atoms with van der Waals surface area (Å²) in [4.78, 5) is 0. The van der Waals surface area contributed by atoms with E-state index < -0.39 is 8.07 Å². The Balaban J connectivity index is 1.86. The van der Waals surface area contributed by atoms with Crippen LogP contribution in [0.15, 0.2) is 97.1 Å². The lowest BCUT2D eigenvalue weighted by Crippen LogP contribution is -2.38. The third-order valence-corrected chi connectivity index (χ3v) is 13.1. The molecule has 1 heterocycles. The molecule has 4 aromatic carbocycles. The molecule has 37 heavy (non-hydrogen) atoms. The zero-order valence-electron chi connectivity index (χ0n) is 22.9. The highest BCUT2D eigenvalue weighted by atomic mass is 28.3. The summed E-state index contributed by atoms with van der Waals surface area (Å²) >= 11 is 0. The first-order valence-electron chi connectivity index (χ1n) is 13.3. The maximum atomic E-state index is 6.00. The van der Waals surface area contributed by atoms with Gasteiger partial charge in [0.2, 0.25) is 0 Å². The molecule has 3 heteroatoms.